The monoisotopic (exact) mass is 293 g/mol. The first kappa shape index (κ1) is 12.6. The Labute approximate surface area is 110 Å². The summed E-state index contributed by atoms with van der Waals surface area (Å²) < 4.78 is 11.5. The van der Waals surface area contributed by atoms with Gasteiger partial charge < -0.3 is 9.31 Å². The molecule has 1 aromatic carbocycles. The van der Waals surface area contributed by atoms with Gasteiger partial charge >= 0.3 is 7.12 Å². The van der Waals surface area contributed by atoms with Crippen molar-refractivity contribution in [2.45, 2.75) is 24.8 Å². The molecule has 1 aromatic rings. The van der Waals surface area contributed by atoms with Crippen molar-refractivity contribution in [1.82, 2.24) is 0 Å². The fourth-order valence-corrected chi connectivity index (χ4v) is 2.29. The first-order valence-corrected chi connectivity index (χ1v) is 6.56. The summed E-state index contributed by atoms with van der Waals surface area (Å²) in [5.74, 6) is 0. The van der Waals surface area contributed by atoms with Gasteiger partial charge in [-0.05, 0) is 37.0 Å². The lowest BCUT2D eigenvalue weighted by molar-refractivity contribution is 0.137. The van der Waals surface area contributed by atoms with Crippen LogP contribution in [0.15, 0.2) is 18.2 Å². The number of alkyl halides is 1. The molecule has 0 spiro atoms. The third kappa shape index (κ3) is 2.71. The average molecular weight is 294 g/mol. The van der Waals surface area contributed by atoms with E-state index in [1.165, 1.54) is 0 Å². The van der Waals surface area contributed by atoms with Crippen molar-refractivity contribution >= 4 is 28.5 Å². The zero-order chi connectivity index (χ0) is 12.5. The van der Waals surface area contributed by atoms with Crippen molar-refractivity contribution in [2.75, 3.05) is 6.61 Å². The summed E-state index contributed by atoms with van der Waals surface area (Å²) in [7, 11) is -0.328. The van der Waals surface area contributed by atoms with E-state index in [0.29, 0.717) is 17.5 Å². The molecule has 1 aliphatic rings. The number of nitriles is 1. The van der Waals surface area contributed by atoms with Gasteiger partial charge in [0.05, 0.1) is 23.8 Å². The van der Waals surface area contributed by atoms with E-state index < -0.39 is 0 Å². The second kappa shape index (κ2) is 4.81. The molecule has 0 aliphatic carbocycles. The number of halogens is 1. The largest absolute Gasteiger partial charge is 0.494 e. The lowest BCUT2D eigenvalue weighted by Crippen LogP contribution is -2.36. The van der Waals surface area contributed by atoms with Crippen LogP contribution >= 0.6 is 15.9 Å². The maximum absolute atomic E-state index is 8.87. The predicted octanol–water partition coefficient (Wildman–Crippen LogP) is 1.97. The van der Waals surface area contributed by atoms with Crippen LogP contribution in [0.1, 0.15) is 25.0 Å². The van der Waals surface area contributed by atoms with Crippen LogP contribution in [0, 0.1) is 11.3 Å². The van der Waals surface area contributed by atoms with Crippen molar-refractivity contribution < 1.29 is 9.31 Å². The molecule has 0 amide bonds. The summed E-state index contributed by atoms with van der Waals surface area (Å²) in [6.07, 6.45) is 0. The molecule has 1 saturated heterocycles. The molecule has 1 aliphatic heterocycles. The first-order valence-electron chi connectivity index (χ1n) is 5.44. The van der Waals surface area contributed by atoms with Crippen molar-refractivity contribution in [2.24, 2.45) is 0 Å². The fraction of sp³-hybridized carbons (Fsp3) is 0.417. The van der Waals surface area contributed by atoms with E-state index in [9.17, 15) is 0 Å². The molecule has 0 unspecified atom stereocenters. The van der Waals surface area contributed by atoms with Gasteiger partial charge in [-0.25, -0.2) is 0 Å². The summed E-state index contributed by atoms with van der Waals surface area (Å²) in [6.45, 7) is 4.59. The Bertz CT molecular complexity index is 470. The van der Waals surface area contributed by atoms with Gasteiger partial charge in [-0.2, -0.15) is 5.26 Å². The Morgan fingerprint density at radius 1 is 1.53 bits per heavy atom. The predicted molar refractivity (Wildman–Crippen MR) is 70.3 cm³/mol. The maximum atomic E-state index is 8.87. The van der Waals surface area contributed by atoms with Crippen LogP contribution in [0.5, 0.6) is 0 Å². The zero-order valence-corrected chi connectivity index (χ0v) is 11.5. The molecule has 3 nitrogen and oxygen atoms in total. The summed E-state index contributed by atoms with van der Waals surface area (Å²) in [6, 6.07) is 7.69. The van der Waals surface area contributed by atoms with Gasteiger partial charge in [0.2, 0.25) is 0 Å². The third-order valence-electron chi connectivity index (χ3n) is 2.68. The van der Waals surface area contributed by atoms with E-state index >= 15 is 0 Å². The number of rotatable bonds is 2. The van der Waals surface area contributed by atoms with Crippen molar-refractivity contribution in [1.29, 1.82) is 5.26 Å². The number of benzene rings is 1. The Balaban J connectivity index is 2.30. The molecule has 0 N–H and O–H groups in total. The second-order valence-electron chi connectivity index (χ2n) is 4.68. The topological polar surface area (TPSA) is 42.2 Å². The molecule has 0 radical (unpaired) electrons. The highest BCUT2D eigenvalue weighted by molar-refractivity contribution is 9.08. The Hall–Kier alpha value is -0.825. The van der Waals surface area contributed by atoms with Gasteiger partial charge in [-0.1, -0.05) is 22.0 Å². The maximum Gasteiger partial charge on any atom is 0.494 e. The highest BCUT2D eigenvalue weighted by Crippen LogP contribution is 2.21. The van der Waals surface area contributed by atoms with Crippen LogP contribution < -0.4 is 5.46 Å². The van der Waals surface area contributed by atoms with Crippen LogP contribution in [0.25, 0.3) is 0 Å². The van der Waals surface area contributed by atoms with E-state index in [1.807, 2.05) is 26.0 Å². The number of hydrogen-bond acceptors (Lipinski definition) is 3. The van der Waals surface area contributed by atoms with Crippen molar-refractivity contribution in [3.05, 3.63) is 29.3 Å². The Kier molecular flexibility index (Phi) is 3.57. The minimum Gasteiger partial charge on any atom is -0.404 e. The number of hydrogen-bond donors (Lipinski definition) is 0. The van der Waals surface area contributed by atoms with Crippen LogP contribution in [-0.4, -0.2) is 19.3 Å². The lowest BCUT2D eigenvalue weighted by atomic mass is 9.76. The average Bonchev–Trinajstić information content (AvgIpc) is 2.68. The van der Waals surface area contributed by atoms with Gasteiger partial charge in [0, 0.05) is 5.33 Å². The van der Waals surface area contributed by atoms with Gasteiger partial charge in [0.1, 0.15) is 0 Å². The minimum atomic E-state index is -0.328. The first-order chi connectivity index (χ1) is 8.05. The lowest BCUT2D eigenvalue weighted by Gasteiger charge is -2.16. The van der Waals surface area contributed by atoms with Crippen LogP contribution in [0.4, 0.5) is 0 Å². The van der Waals surface area contributed by atoms with Crippen molar-refractivity contribution in [3.63, 3.8) is 0 Å². The van der Waals surface area contributed by atoms with Gasteiger partial charge in [-0.15, -0.1) is 0 Å². The van der Waals surface area contributed by atoms with E-state index in [1.54, 1.807) is 6.07 Å². The summed E-state index contributed by atoms with van der Waals surface area (Å²) in [5, 5.41) is 9.55. The Morgan fingerprint density at radius 3 is 2.82 bits per heavy atom. The molecule has 0 saturated carbocycles. The fourth-order valence-electron chi connectivity index (χ4n) is 1.81. The number of nitrogens with zero attached hydrogens (tertiary/aromatic N) is 1. The second-order valence-corrected chi connectivity index (χ2v) is 5.24. The molecule has 1 fully saturated rings. The van der Waals surface area contributed by atoms with Gasteiger partial charge in [0.15, 0.2) is 0 Å². The molecule has 0 bridgehead atoms. The molecule has 0 atom stereocenters. The molecule has 17 heavy (non-hydrogen) atoms. The molecular formula is C12H13BBrNO2. The normalized spacial score (nSPS) is 18.1. The molecule has 88 valence electrons. The molecule has 5 heteroatoms. The Morgan fingerprint density at radius 2 is 2.29 bits per heavy atom. The molecule has 0 aromatic heterocycles. The summed E-state index contributed by atoms with van der Waals surface area (Å²) >= 11 is 3.43. The van der Waals surface area contributed by atoms with Crippen LogP contribution in [-0.2, 0) is 14.6 Å². The summed E-state index contributed by atoms with van der Waals surface area (Å²) in [5.41, 5.74) is 2.43. The van der Waals surface area contributed by atoms with E-state index in [-0.39, 0.29) is 12.7 Å². The highest BCUT2D eigenvalue weighted by Gasteiger charge is 2.39. The zero-order valence-electron chi connectivity index (χ0n) is 9.87. The molecular weight excluding hydrogens is 281 g/mol. The van der Waals surface area contributed by atoms with Crippen molar-refractivity contribution in [3.8, 4) is 6.07 Å². The van der Waals surface area contributed by atoms with E-state index in [0.717, 1.165) is 11.0 Å². The molecule has 1 heterocycles. The standard InChI is InChI=1S/C12H13BBrNO2/c1-12(2)8-16-13(17-12)11-4-3-9(7-15)5-10(11)6-14/h3-5H,6,8H2,1-2H3. The third-order valence-corrected chi connectivity index (χ3v) is 3.28. The van der Waals surface area contributed by atoms with E-state index in [4.69, 9.17) is 14.6 Å². The minimum absolute atomic E-state index is 0.248. The van der Waals surface area contributed by atoms with E-state index in [2.05, 4.69) is 22.0 Å². The van der Waals surface area contributed by atoms with Crippen LogP contribution in [0.3, 0.4) is 0 Å². The van der Waals surface area contributed by atoms with Gasteiger partial charge in [0.25, 0.3) is 0 Å². The SMILES string of the molecule is CC1(C)COB(c2ccc(C#N)cc2CBr)O1. The van der Waals surface area contributed by atoms with Gasteiger partial charge in [-0.3, -0.25) is 0 Å². The highest BCUT2D eigenvalue weighted by atomic mass is 79.9. The summed E-state index contributed by atoms with van der Waals surface area (Å²) in [4.78, 5) is 0. The van der Waals surface area contributed by atoms with Crippen LogP contribution in [0.2, 0.25) is 0 Å². The quantitative estimate of drug-likeness (QED) is 0.618. The smallest absolute Gasteiger partial charge is 0.404 e. The molecule has 2 rings (SSSR count).